The minimum absolute atomic E-state index is 0.0590. The Morgan fingerprint density at radius 1 is 1.10 bits per heavy atom. The van der Waals surface area contributed by atoms with E-state index >= 15 is 0 Å². The predicted octanol–water partition coefficient (Wildman–Crippen LogP) is 4.42. The largest absolute Gasteiger partial charge is 0.507 e. The van der Waals surface area contributed by atoms with Gasteiger partial charge in [0, 0.05) is 18.3 Å². The topological polar surface area (TPSA) is 112 Å². The van der Waals surface area contributed by atoms with Crippen LogP contribution in [0.1, 0.15) is 29.7 Å². The third-order valence-electron chi connectivity index (χ3n) is 6.85. The van der Waals surface area contributed by atoms with Gasteiger partial charge in [0.25, 0.3) is 11.7 Å². The molecule has 0 aromatic heterocycles. The van der Waals surface area contributed by atoms with Gasteiger partial charge in [-0.15, -0.1) is 0 Å². The number of benzene rings is 3. The SMILES string of the molecule is CCOc1cc(C2/C(=C(\O)c3ccc4c(c3)N(C)CCO4)C(=O)C(=O)N2c2ccc(C#N)cc2)ccc1OC. The molecule has 0 radical (unpaired) electrons. The minimum atomic E-state index is -0.965. The van der Waals surface area contributed by atoms with Crippen molar-refractivity contribution in [1.29, 1.82) is 5.26 Å². The summed E-state index contributed by atoms with van der Waals surface area (Å²) < 4.78 is 16.9. The van der Waals surface area contributed by atoms with Gasteiger partial charge < -0.3 is 24.2 Å². The van der Waals surface area contributed by atoms with Crippen LogP contribution in [0.2, 0.25) is 0 Å². The zero-order valence-electron chi connectivity index (χ0n) is 21.8. The maximum absolute atomic E-state index is 13.5. The van der Waals surface area contributed by atoms with Crippen LogP contribution in [0, 0.1) is 11.3 Å². The molecule has 0 spiro atoms. The Labute approximate surface area is 226 Å². The molecule has 1 fully saturated rings. The van der Waals surface area contributed by atoms with E-state index in [4.69, 9.17) is 14.2 Å². The average Bonchev–Trinajstić information content (AvgIpc) is 3.22. The number of Topliss-reactive ketones (excluding diaryl/α,β-unsaturated/α-hetero) is 1. The molecular formula is C30H27N3O6. The number of methoxy groups -OCH3 is 1. The summed E-state index contributed by atoms with van der Waals surface area (Å²) in [5.74, 6) is -0.308. The zero-order chi connectivity index (χ0) is 27.7. The first-order valence-corrected chi connectivity index (χ1v) is 12.5. The molecule has 39 heavy (non-hydrogen) atoms. The van der Waals surface area contributed by atoms with Crippen molar-refractivity contribution in [2.45, 2.75) is 13.0 Å². The zero-order valence-corrected chi connectivity index (χ0v) is 21.8. The van der Waals surface area contributed by atoms with Gasteiger partial charge in [0.2, 0.25) is 0 Å². The number of nitriles is 1. The average molecular weight is 526 g/mol. The number of carbonyl (C=O) groups excluding carboxylic acids is 2. The second-order valence-corrected chi connectivity index (χ2v) is 9.12. The monoisotopic (exact) mass is 525 g/mol. The first-order valence-electron chi connectivity index (χ1n) is 12.5. The standard InChI is InChI=1S/C30H27N3O6/c1-4-38-25-16-19(7-12-24(25)37-3)27-26(28(34)20-8-11-23-22(15-20)32(2)13-14-39-23)29(35)30(36)33(27)21-9-5-18(17-31)6-10-21/h5-12,15-16,27,34H,4,13-14H2,1-3H3/b28-26+. The molecule has 1 saturated heterocycles. The smallest absolute Gasteiger partial charge is 0.300 e. The van der Waals surface area contributed by atoms with Gasteiger partial charge in [-0.2, -0.15) is 5.26 Å². The number of anilines is 2. The summed E-state index contributed by atoms with van der Waals surface area (Å²) in [6.07, 6.45) is 0. The van der Waals surface area contributed by atoms with E-state index < -0.39 is 17.7 Å². The number of ether oxygens (including phenoxy) is 3. The summed E-state index contributed by atoms with van der Waals surface area (Å²) in [6.45, 7) is 3.43. The molecule has 3 aromatic carbocycles. The fourth-order valence-electron chi connectivity index (χ4n) is 4.90. The van der Waals surface area contributed by atoms with Crippen LogP contribution in [0.4, 0.5) is 11.4 Å². The normalized spacial score (nSPS) is 17.8. The van der Waals surface area contributed by atoms with Crippen LogP contribution >= 0.6 is 0 Å². The van der Waals surface area contributed by atoms with Gasteiger partial charge in [0.05, 0.1) is 49.2 Å². The molecule has 1 N–H and O–H groups in total. The molecule has 2 aliphatic heterocycles. The Bertz CT molecular complexity index is 1520. The number of aliphatic hydroxyl groups excluding tert-OH is 1. The molecule has 1 unspecified atom stereocenters. The Balaban J connectivity index is 1.71. The number of hydrogen-bond donors (Lipinski definition) is 1. The van der Waals surface area contributed by atoms with Gasteiger partial charge >= 0.3 is 0 Å². The van der Waals surface area contributed by atoms with E-state index in [1.54, 1.807) is 60.7 Å². The molecule has 2 heterocycles. The summed E-state index contributed by atoms with van der Waals surface area (Å²) in [6, 6.07) is 17.7. The van der Waals surface area contributed by atoms with Crippen molar-refractivity contribution >= 4 is 28.8 Å². The molecule has 9 heteroatoms. The van der Waals surface area contributed by atoms with Crippen molar-refractivity contribution in [2.24, 2.45) is 0 Å². The lowest BCUT2D eigenvalue weighted by Crippen LogP contribution is -2.29. The lowest BCUT2D eigenvalue weighted by molar-refractivity contribution is -0.132. The van der Waals surface area contributed by atoms with Crippen molar-refractivity contribution in [2.75, 3.05) is 43.7 Å². The number of nitrogens with zero attached hydrogens (tertiary/aromatic N) is 3. The maximum Gasteiger partial charge on any atom is 0.300 e. The van der Waals surface area contributed by atoms with Crippen molar-refractivity contribution in [3.05, 3.63) is 82.9 Å². The number of amides is 1. The van der Waals surface area contributed by atoms with Gasteiger partial charge in [-0.1, -0.05) is 6.07 Å². The Hall–Kier alpha value is -4.97. The lowest BCUT2D eigenvalue weighted by Gasteiger charge is -2.28. The number of hydrogen-bond acceptors (Lipinski definition) is 8. The van der Waals surface area contributed by atoms with Crippen LogP contribution in [0.15, 0.2) is 66.2 Å². The highest BCUT2D eigenvalue weighted by molar-refractivity contribution is 6.51. The van der Waals surface area contributed by atoms with Crippen LogP contribution in [0.5, 0.6) is 17.2 Å². The van der Waals surface area contributed by atoms with Crippen LogP contribution in [0.25, 0.3) is 5.76 Å². The second kappa shape index (κ2) is 10.4. The summed E-state index contributed by atoms with van der Waals surface area (Å²) in [5.41, 5.74) is 2.46. The van der Waals surface area contributed by atoms with Crippen molar-refractivity contribution in [3.8, 4) is 23.3 Å². The van der Waals surface area contributed by atoms with Gasteiger partial charge in [-0.3, -0.25) is 14.5 Å². The highest BCUT2D eigenvalue weighted by Crippen LogP contribution is 2.45. The molecule has 3 aromatic rings. The molecule has 5 rings (SSSR count). The van der Waals surface area contributed by atoms with Crippen LogP contribution in [0.3, 0.4) is 0 Å². The number of rotatable bonds is 6. The summed E-state index contributed by atoms with van der Waals surface area (Å²) in [5, 5.41) is 20.8. The van der Waals surface area contributed by atoms with Crippen molar-refractivity contribution < 1.29 is 28.9 Å². The molecule has 0 aliphatic carbocycles. The van der Waals surface area contributed by atoms with Gasteiger partial charge in [-0.25, -0.2) is 0 Å². The van der Waals surface area contributed by atoms with Crippen LogP contribution in [-0.2, 0) is 9.59 Å². The van der Waals surface area contributed by atoms with E-state index in [1.807, 2.05) is 18.9 Å². The fraction of sp³-hybridized carbons (Fsp3) is 0.233. The summed E-state index contributed by atoms with van der Waals surface area (Å²) in [7, 11) is 3.44. The van der Waals surface area contributed by atoms with Gasteiger partial charge in [0.1, 0.15) is 18.1 Å². The number of carbonyl (C=O) groups is 2. The Kier molecular flexibility index (Phi) is 6.86. The summed E-state index contributed by atoms with van der Waals surface area (Å²) in [4.78, 5) is 30.4. The lowest BCUT2D eigenvalue weighted by atomic mass is 9.94. The third kappa shape index (κ3) is 4.50. The van der Waals surface area contributed by atoms with E-state index in [9.17, 15) is 20.0 Å². The van der Waals surface area contributed by atoms with Crippen LogP contribution < -0.4 is 24.0 Å². The van der Waals surface area contributed by atoms with E-state index in [0.717, 1.165) is 5.69 Å². The number of aliphatic hydroxyl groups is 1. The number of ketones is 1. The number of likely N-dealkylation sites (N-methyl/N-ethyl adjacent to an activating group) is 1. The quantitative estimate of drug-likeness (QED) is 0.286. The fourth-order valence-corrected chi connectivity index (χ4v) is 4.90. The maximum atomic E-state index is 13.5. The van der Waals surface area contributed by atoms with E-state index in [2.05, 4.69) is 6.07 Å². The van der Waals surface area contributed by atoms with Crippen molar-refractivity contribution in [3.63, 3.8) is 0 Å². The molecule has 1 atom stereocenters. The molecule has 0 saturated carbocycles. The Morgan fingerprint density at radius 2 is 1.87 bits per heavy atom. The first kappa shape index (κ1) is 25.7. The molecule has 198 valence electrons. The molecule has 2 aliphatic rings. The van der Waals surface area contributed by atoms with E-state index in [-0.39, 0.29) is 11.3 Å². The molecule has 1 amide bonds. The third-order valence-corrected chi connectivity index (χ3v) is 6.85. The van der Waals surface area contributed by atoms with Crippen molar-refractivity contribution in [1.82, 2.24) is 0 Å². The van der Waals surface area contributed by atoms with E-state index in [0.29, 0.717) is 59.4 Å². The van der Waals surface area contributed by atoms with Crippen LogP contribution in [-0.4, -0.2) is 50.7 Å². The number of fused-ring (bicyclic) bond motifs is 1. The molecular weight excluding hydrogens is 498 g/mol. The van der Waals surface area contributed by atoms with E-state index in [1.165, 1.54) is 12.0 Å². The first-order chi connectivity index (χ1) is 18.9. The second-order valence-electron chi connectivity index (χ2n) is 9.12. The minimum Gasteiger partial charge on any atom is -0.507 e. The highest BCUT2D eigenvalue weighted by atomic mass is 16.5. The predicted molar refractivity (Wildman–Crippen MR) is 145 cm³/mol. The highest BCUT2D eigenvalue weighted by Gasteiger charge is 2.47. The molecule has 9 nitrogen and oxygen atoms in total. The van der Waals surface area contributed by atoms with Gasteiger partial charge in [0.15, 0.2) is 11.5 Å². The van der Waals surface area contributed by atoms with Gasteiger partial charge in [-0.05, 0) is 67.1 Å². The molecule has 0 bridgehead atoms. The summed E-state index contributed by atoms with van der Waals surface area (Å²) >= 11 is 0. The Morgan fingerprint density at radius 3 is 2.56 bits per heavy atom.